The third-order valence-electron chi connectivity index (χ3n) is 9.21. The molecule has 2 atom stereocenters. The second kappa shape index (κ2) is 12.4. The van der Waals surface area contributed by atoms with Crippen LogP contribution >= 0.6 is 0 Å². The van der Waals surface area contributed by atoms with Crippen molar-refractivity contribution in [2.75, 3.05) is 26.2 Å². The first-order valence-electron chi connectivity index (χ1n) is 15.9. The molecule has 0 saturated heterocycles. The number of nitrogens with one attached hydrogen (secondary N) is 2. The number of carbonyl (C=O) groups is 4. The van der Waals surface area contributed by atoms with Gasteiger partial charge in [-0.3, -0.25) is 54.2 Å². The number of nitrogens with zero attached hydrogens (tertiary/aromatic N) is 5. The average Bonchev–Trinajstić information content (AvgIpc) is 3.10. The first-order chi connectivity index (χ1) is 24.0. The van der Waals surface area contributed by atoms with Crippen LogP contribution in [0.25, 0.3) is 32.4 Å². The molecule has 2 N–H and O–H groups in total. The lowest BCUT2D eigenvalue weighted by Crippen LogP contribution is -2.51. The number of nitro benzene ring substituents is 2. The normalized spacial score (nSPS) is 15.3. The Kier molecular flexibility index (Phi) is 8.00. The minimum absolute atomic E-state index is 0.0640. The molecule has 50 heavy (non-hydrogen) atoms. The Morgan fingerprint density at radius 2 is 1.18 bits per heavy atom. The smallest absolute Gasteiger partial charge is 0.270 e. The van der Waals surface area contributed by atoms with Gasteiger partial charge in [0, 0.05) is 101 Å². The summed E-state index contributed by atoms with van der Waals surface area (Å²) in [4.78, 5) is 83.0. The van der Waals surface area contributed by atoms with Crippen LogP contribution in [-0.4, -0.2) is 86.5 Å². The zero-order valence-electron chi connectivity index (χ0n) is 26.8. The number of fused-ring (bicyclic) bond motifs is 2. The van der Waals surface area contributed by atoms with Crippen LogP contribution in [0.4, 0.5) is 11.4 Å². The van der Waals surface area contributed by atoms with E-state index < -0.39 is 45.6 Å². The minimum atomic E-state index is -0.633. The lowest BCUT2D eigenvalue weighted by molar-refractivity contribution is -0.384. The van der Waals surface area contributed by atoms with Gasteiger partial charge in [-0.05, 0) is 37.4 Å². The molecule has 4 amide bonds. The summed E-state index contributed by atoms with van der Waals surface area (Å²) < 4.78 is 0. The highest BCUT2D eigenvalue weighted by molar-refractivity contribution is 6.29. The number of aromatic nitrogens is 1. The number of imide groups is 2. The largest absolute Gasteiger partial charge is 0.313 e. The standard InChI is InChI=1S/C35H29N7O8/c1-18(39-32(43)24-7-3-5-20-11-22(41(47)48)14-27(29(20)24)34(39)45)16-36-9-10-37-17-19(2)40-33(44)26-12-21-6-4-8-38-31(21)25-13-23(42(49)50)15-28(30(25)26)35(40)46/h3-8,11-15,18-19,36-37H,9-10,16-17H2,1-2H3/t18-,19-/m1/s1. The van der Waals surface area contributed by atoms with Crippen molar-refractivity contribution < 1.29 is 29.0 Å². The fraction of sp³-hybridized carbons (Fsp3) is 0.229. The molecule has 7 rings (SSSR count). The van der Waals surface area contributed by atoms with Crippen LogP contribution in [-0.2, 0) is 0 Å². The van der Waals surface area contributed by atoms with Gasteiger partial charge in [0.2, 0.25) is 0 Å². The topological polar surface area (TPSA) is 198 Å². The van der Waals surface area contributed by atoms with Crippen molar-refractivity contribution in [1.82, 2.24) is 25.4 Å². The van der Waals surface area contributed by atoms with E-state index in [9.17, 15) is 39.4 Å². The Balaban J connectivity index is 0.996. The van der Waals surface area contributed by atoms with E-state index >= 15 is 0 Å². The summed E-state index contributed by atoms with van der Waals surface area (Å²) in [6.07, 6.45) is 1.55. The summed E-state index contributed by atoms with van der Waals surface area (Å²) in [6, 6.07) is 13.9. The van der Waals surface area contributed by atoms with Gasteiger partial charge in [0.1, 0.15) is 0 Å². The number of pyridine rings is 1. The van der Waals surface area contributed by atoms with E-state index in [0.29, 0.717) is 51.1 Å². The fourth-order valence-electron chi connectivity index (χ4n) is 6.88. The Hall–Kier alpha value is -6.19. The molecule has 0 saturated carbocycles. The number of rotatable bonds is 11. The molecule has 15 heteroatoms. The summed E-state index contributed by atoms with van der Waals surface area (Å²) in [7, 11) is 0. The van der Waals surface area contributed by atoms with Crippen LogP contribution in [0.1, 0.15) is 55.3 Å². The average molecular weight is 676 g/mol. The maximum absolute atomic E-state index is 13.7. The van der Waals surface area contributed by atoms with E-state index in [1.165, 1.54) is 24.3 Å². The third kappa shape index (κ3) is 5.19. The van der Waals surface area contributed by atoms with E-state index in [-0.39, 0.29) is 41.2 Å². The van der Waals surface area contributed by atoms with Crippen LogP contribution in [0.2, 0.25) is 0 Å². The Morgan fingerprint density at radius 3 is 1.78 bits per heavy atom. The second-order valence-corrected chi connectivity index (χ2v) is 12.4. The van der Waals surface area contributed by atoms with E-state index in [4.69, 9.17) is 0 Å². The third-order valence-corrected chi connectivity index (χ3v) is 9.21. The first-order valence-corrected chi connectivity index (χ1v) is 15.9. The van der Waals surface area contributed by atoms with Gasteiger partial charge in [-0.25, -0.2) is 0 Å². The highest BCUT2D eigenvalue weighted by atomic mass is 16.6. The minimum Gasteiger partial charge on any atom is -0.313 e. The maximum Gasteiger partial charge on any atom is 0.270 e. The predicted molar refractivity (Wildman–Crippen MR) is 182 cm³/mol. The van der Waals surface area contributed by atoms with Crippen LogP contribution in [0, 0.1) is 20.2 Å². The van der Waals surface area contributed by atoms with Gasteiger partial charge in [0.15, 0.2) is 0 Å². The van der Waals surface area contributed by atoms with Gasteiger partial charge < -0.3 is 10.6 Å². The highest BCUT2D eigenvalue weighted by Crippen LogP contribution is 2.38. The number of carbonyl (C=O) groups excluding carboxylic acids is 4. The summed E-state index contributed by atoms with van der Waals surface area (Å²) in [5, 5.41) is 31.8. The molecule has 0 fully saturated rings. The molecule has 0 aliphatic carbocycles. The fourth-order valence-corrected chi connectivity index (χ4v) is 6.88. The lowest BCUT2D eigenvalue weighted by Gasteiger charge is -2.32. The molecule has 0 radical (unpaired) electrons. The van der Waals surface area contributed by atoms with Crippen molar-refractivity contribution in [3.63, 3.8) is 0 Å². The number of amides is 4. The van der Waals surface area contributed by atoms with Crippen molar-refractivity contribution in [3.8, 4) is 0 Å². The number of hydrogen-bond donors (Lipinski definition) is 2. The molecular formula is C35H29N7O8. The van der Waals surface area contributed by atoms with Gasteiger partial charge >= 0.3 is 0 Å². The van der Waals surface area contributed by atoms with Crippen molar-refractivity contribution in [1.29, 1.82) is 0 Å². The predicted octanol–water partition coefficient (Wildman–Crippen LogP) is 4.21. The highest BCUT2D eigenvalue weighted by Gasteiger charge is 2.39. The first kappa shape index (κ1) is 32.4. The van der Waals surface area contributed by atoms with Crippen molar-refractivity contribution >= 4 is 67.5 Å². The molecule has 5 aromatic rings. The van der Waals surface area contributed by atoms with Gasteiger partial charge in [0.05, 0.1) is 26.5 Å². The van der Waals surface area contributed by atoms with Gasteiger partial charge in [-0.15, -0.1) is 0 Å². The molecule has 15 nitrogen and oxygen atoms in total. The van der Waals surface area contributed by atoms with Crippen LogP contribution in [0.15, 0.2) is 66.9 Å². The van der Waals surface area contributed by atoms with Crippen LogP contribution < -0.4 is 10.6 Å². The monoisotopic (exact) mass is 675 g/mol. The molecule has 0 unspecified atom stereocenters. The number of nitro groups is 2. The number of non-ortho nitro benzene ring substituents is 2. The summed E-state index contributed by atoms with van der Waals surface area (Å²) in [5.74, 6) is -2.23. The van der Waals surface area contributed by atoms with E-state index in [0.717, 1.165) is 9.80 Å². The quantitative estimate of drug-likeness (QED) is 0.0669. The molecule has 2 aliphatic heterocycles. The van der Waals surface area contributed by atoms with Crippen LogP contribution in [0.5, 0.6) is 0 Å². The van der Waals surface area contributed by atoms with Crippen molar-refractivity contribution in [2.45, 2.75) is 25.9 Å². The lowest BCUT2D eigenvalue weighted by atomic mass is 9.90. The summed E-state index contributed by atoms with van der Waals surface area (Å²) >= 11 is 0. The molecule has 0 bridgehead atoms. The van der Waals surface area contributed by atoms with E-state index in [2.05, 4.69) is 15.6 Å². The molecule has 0 spiro atoms. The number of hydrogen-bond acceptors (Lipinski definition) is 11. The van der Waals surface area contributed by atoms with Crippen molar-refractivity contribution in [2.24, 2.45) is 0 Å². The number of benzene rings is 4. The molecule has 252 valence electrons. The molecular weight excluding hydrogens is 646 g/mol. The van der Waals surface area contributed by atoms with E-state index in [1.54, 1.807) is 56.4 Å². The zero-order chi connectivity index (χ0) is 35.4. The zero-order valence-corrected chi connectivity index (χ0v) is 26.8. The molecule has 2 aliphatic rings. The van der Waals surface area contributed by atoms with Gasteiger partial charge in [-0.1, -0.05) is 18.2 Å². The molecule has 3 heterocycles. The van der Waals surface area contributed by atoms with Gasteiger partial charge in [-0.2, -0.15) is 0 Å². The second-order valence-electron chi connectivity index (χ2n) is 12.4. The summed E-state index contributed by atoms with van der Waals surface area (Å²) in [6.45, 7) is 4.67. The van der Waals surface area contributed by atoms with Crippen LogP contribution in [0.3, 0.4) is 0 Å². The Labute approximate surface area is 283 Å². The molecule has 1 aromatic heterocycles. The van der Waals surface area contributed by atoms with E-state index in [1.807, 2.05) is 0 Å². The summed E-state index contributed by atoms with van der Waals surface area (Å²) in [5.41, 5.74) is 0.682. The Bertz CT molecular complexity index is 2340. The van der Waals surface area contributed by atoms with Gasteiger partial charge in [0.25, 0.3) is 35.0 Å². The van der Waals surface area contributed by atoms with Crippen molar-refractivity contribution in [3.05, 3.63) is 109 Å². The SMILES string of the molecule is C[C@H](CNCCNC[C@@H](C)N1C(=O)c2cc([N+](=O)[O-])cc3c2c(cc2cccnc23)C1=O)N1C(=O)c2cccc3cc([N+](=O)[O-])cc(c23)C1=O. The molecule has 4 aromatic carbocycles. The maximum atomic E-state index is 13.7. The Morgan fingerprint density at radius 1 is 0.660 bits per heavy atom.